The lowest BCUT2D eigenvalue weighted by Crippen LogP contribution is -2.14. The summed E-state index contributed by atoms with van der Waals surface area (Å²) in [4.78, 5) is 21.0. The molecule has 2 aromatic carbocycles. The lowest BCUT2D eigenvalue weighted by Gasteiger charge is -2.13. The van der Waals surface area contributed by atoms with Crippen LogP contribution in [0.3, 0.4) is 0 Å². The van der Waals surface area contributed by atoms with Crippen LogP contribution >= 0.6 is 11.6 Å². The van der Waals surface area contributed by atoms with Gasteiger partial charge in [0.2, 0.25) is 0 Å². The number of hydrogen-bond acceptors (Lipinski definition) is 5. The molecule has 0 saturated heterocycles. The van der Waals surface area contributed by atoms with E-state index < -0.39 is 5.97 Å². The Morgan fingerprint density at radius 3 is 2.52 bits per heavy atom. The van der Waals surface area contributed by atoms with Crippen molar-refractivity contribution in [1.82, 2.24) is 9.97 Å². The van der Waals surface area contributed by atoms with E-state index in [9.17, 15) is 9.90 Å². The van der Waals surface area contributed by atoms with Gasteiger partial charge in [0.1, 0.15) is 11.5 Å². The molecule has 2 N–H and O–H groups in total. The zero-order chi connectivity index (χ0) is 21.6. The molecule has 0 aliphatic carbocycles. The summed E-state index contributed by atoms with van der Waals surface area (Å²) in [7, 11) is 0. The number of halogens is 1. The molecule has 31 heavy (non-hydrogen) atoms. The summed E-state index contributed by atoms with van der Waals surface area (Å²) in [5, 5.41) is 13.2. The molecule has 0 unspecified atom stereocenters. The van der Waals surface area contributed by atoms with E-state index in [1.165, 1.54) is 12.3 Å². The Bertz CT molecular complexity index is 1200. The van der Waals surface area contributed by atoms with Crippen LogP contribution in [-0.2, 0) is 11.2 Å². The van der Waals surface area contributed by atoms with Crippen LogP contribution in [0.15, 0.2) is 89.3 Å². The minimum absolute atomic E-state index is 0.0715. The second-order valence-electron chi connectivity index (χ2n) is 6.72. The monoisotopic (exact) mass is 431 g/mol. The molecule has 0 saturated carbocycles. The lowest BCUT2D eigenvalue weighted by molar-refractivity contribution is -0.132. The third kappa shape index (κ3) is 5.18. The van der Waals surface area contributed by atoms with Crippen LogP contribution in [0.2, 0.25) is 5.02 Å². The maximum absolute atomic E-state index is 11.8. The summed E-state index contributed by atoms with van der Waals surface area (Å²) in [6.45, 7) is 0. The number of nitrogens with one attached hydrogen (secondary N) is 1. The molecule has 0 bridgehead atoms. The molecule has 0 atom stereocenters. The van der Waals surface area contributed by atoms with Gasteiger partial charge in [0.15, 0.2) is 5.82 Å². The van der Waals surface area contributed by atoms with E-state index in [1.54, 1.807) is 30.5 Å². The van der Waals surface area contributed by atoms with Gasteiger partial charge < -0.3 is 14.8 Å². The van der Waals surface area contributed by atoms with Crippen LogP contribution in [0.25, 0.3) is 17.3 Å². The molecule has 154 valence electrons. The Morgan fingerprint density at radius 2 is 1.84 bits per heavy atom. The Balaban J connectivity index is 1.73. The van der Waals surface area contributed by atoms with Crippen molar-refractivity contribution in [3.05, 3.63) is 107 Å². The summed E-state index contributed by atoms with van der Waals surface area (Å²) in [5.41, 5.74) is 3.10. The van der Waals surface area contributed by atoms with E-state index in [0.717, 1.165) is 11.1 Å². The number of nitrogens with zero attached hydrogens (tertiary/aromatic N) is 2. The Kier molecular flexibility index (Phi) is 6.10. The molecule has 2 aromatic heterocycles. The molecule has 0 radical (unpaired) electrons. The van der Waals surface area contributed by atoms with Gasteiger partial charge in [0, 0.05) is 23.1 Å². The highest BCUT2D eigenvalue weighted by Gasteiger charge is 2.15. The van der Waals surface area contributed by atoms with Crippen LogP contribution in [0.5, 0.6) is 0 Å². The molecule has 7 heteroatoms. The van der Waals surface area contributed by atoms with Crippen molar-refractivity contribution in [2.24, 2.45) is 0 Å². The molecule has 6 nitrogen and oxygen atoms in total. The summed E-state index contributed by atoms with van der Waals surface area (Å²) in [5.74, 6) is -0.354. The molecular formula is C24H18ClN3O3. The minimum atomic E-state index is -1.13. The highest BCUT2D eigenvalue weighted by molar-refractivity contribution is 6.30. The van der Waals surface area contributed by atoms with E-state index in [4.69, 9.17) is 21.0 Å². The van der Waals surface area contributed by atoms with Gasteiger partial charge in [0.05, 0.1) is 23.8 Å². The number of carbonyl (C=O) groups is 1. The van der Waals surface area contributed by atoms with Gasteiger partial charge in [-0.15, -0.1) is 0 Å². The second kappa shape index (κ2) is 9.28. The Hall–Kier alpha value is -3.90. The molecule has 0 fully saturated rings. The Morgan fingerprint density at radius 1 is 1.06 bits per heavy atom. The fourth-order valence-electron chi connectivity index (χ4n) is 3.00. The van der Waals surface area contributed by atoms with Gasteiger partial charge in [-0.2, -0.15) is 0 Å². The number of carboxylic acid groups (broad SMARTS) is 1. The molecule has 4 aromatic rings. The zero-order valence-electron chi connectivity index (χ0n) is 16.3. The van der Waals surface area contributed by atoms with E-state index >= 15 is 0 Å². The molecule has 0 spiro atoms. The SMILES string of the molecule is O=C(O)C(=Cc1ccco1)Nc1ncc(-c2ccc(Cl)cc2)nc1Cc1ccccc1. The molecule has 0 aliphatic heterocycles. The smallest absolute Gasteiger partial charge is 0.352 e. The third-order valence-electron chi connectivity index (χ3n) is 4.51. The maximum atomic E-state index is 11.8. The predicted octanol–water partition coefficient (Wildman–Crippen LogP) is 5.52. The van der Waals surface area contributed by atoms with Crippen LogP contribution < -0.4 is 5.32 Å². The van der Waals surface area contributed by atoms with Gasteiger partial charge in [-0.25, -0.2) is 14.8 Å². The van der Waals surface area contributed by atoms with Crippen LogP contribution in [0.1, 0.15) is 17.0 Å². The topological polar surface area (TPSA) is 88.2 Å². The fourth-order valence-corrected chi connectivity index (χ4v) is 3.12. The number of aliphatic carboxylic acids is 1. The third-order valence-corrected chi connectivity index (χ3v) is 4.76. The predicted molar refractivity (Wildman–Crippen MR) is 120 cm³/mol. The van der Waals surface area contributed by atoms with Gasteiger partial charge >= 0.3 is 5.97 Å². The van der Waals surface area contributed by atoms with Crippen molar-refractivity contribution in [3.8, 4) is 11.3 Å². The van der Waals surface area contributed by atoms with Crippen molar-refractivity contribution in [2.45, 2.75) is 6.42 Å². The van der Waals surface area contributed by atoms with Crippen LogP contribution in [0.4, 0.5) is 5.82 Å². The van der Waals surface area contributed by atoms with Gasteiger partial charge in [0.25, 0.3) is 0 Å². The summed E-state index contributed by atoms with van der Waals surface area (Å²) in [6.07, 6.45) is 4.97. The van der Waals surface area contributed by atoms with E-state index in [2.05, 4.69) is 10.3 Å². The van der Waals surface area contributed by atoms with Gasteiger partial charge in [-0.05, 0) is 29.8 Å². The molecule has 4 rings (SSSR count). The largest absolute Gasteiger partial charge is 0.477 e. The van der Waals surface area contributed by atoms with E-state index in [1.807, 2.05) is 42.5 Å². The van der Waals surface area contributed by atoms with Crippen LogP contribution in [-0.4, -0.2) is 21.0 Å². The van der Waals surface area contributed by atoms with Crippen molar-refractivity contribution in [3.63, 3.8) is 0 Å². The summed E-state index contributed by atoms with van der Waals surface area (Å²) < 4.78 is 5.24. The molecule has 0 amide bonds. The van der Waals surface area contributed by atoms with Crippen LogP contribution in [0, 0.1) is 0 Å². The average Bonchev–Trinajstić information content (AvgIpc) is 3.29. The number of carboxylic acids is 1. The van der Waals surface area contributed by atoms with Gasteiger partial charge in [-0.3, -0.25) is 0 Å². The lowest BCUT2D eigenvalue weighted by atomic mass is 10.1. The number of rotatable bonds is 7. The molecule has 2 heterocycles. The quantitative estimate of drug-likeness (QED) is 0.374. The first kappa shape index (κ1) is 20.4. The second-order valence-corrected chi connectivity index (χ2v) is 7.16. The first-order valence-corrected chi connectivity index (χ1v) is 9.87. The van der Waals surface area contributed by atoms with Crippen molar-refractivity contribution in [2.75, 3.05) is 5.32 Å². The van der Waals surface area contributed by atoms with Crippen molar-refractivity contribution >= 4 is 29.5 Å². The maximum Gasteiger partial charge on any atom is 0.352 e. The standard InChI is InChI=1S/C24H18ClN3O3/c25-18-10-8-17(9-11-18)22-15-26-23(20(27-22)13-16-5-2-1-3-6-16)28-21(24(29)30)14-19-7-4-12-31-19/h1-12,14-15H,13H2,(H,26,28)(H,29,30). The normalized spacial score (nSPS) is 11.3. The first-order valence-electron chi connectivity index (χ1n) is 9.50. The van der Waals surface area contributed by atoms with Gasteiger partial charge in [-0.1, -0.05) is 54.1 Å². The number of furan rings is 1. The van der Waals surface area contributed by atoms with E-state index in [0.29, 0.717) is 34.4 Å². The van der Waals surface area contributed by atoms with Crippen molar-refractivity contribution < 1.29 is 14.3 Å². The number of hydrogen-bond donors (Lipinski definition) is 2. The first-order chi connectivity index (χ1) is 15.1. The summed E-state index contributed by atoms with van der Waals surface area (Å²) in [6, 6.07) is 20.5. The number of aromatic nitrogens is 2. The average molecular weight is 432 g/mol. The van der Waals surface area contributed by atoms with E-state index in [-0.39, 0.29) is 5.70 Å². The highest BCUT2D eigenvalue weighted by atomic mass is 35.5. The fraction of sp³-hybridized carbons (Fsp3) is 0.0417. The number of anilines is 1. The zero-order valence-corrected chi connectivity index (χ0v) is 17.1. The molecular weight excluding hydrogens is 414 g/mol. The summed E-state index contributed by atoms with van der Waals surface area (Å²) >= 11 is 5.99. The van der Waals surface area contributed by atoms with Crippen molar-refractivity contribution in [1.29, 1.82) is 0 Å². The highest BCUT2D eigenvalue weighted by Crippen LogP contribution is 2.24. The number of benzene rings is 2. The molecule has 0 aliphatic rings. The Labute approximate surface area is 183 Å². The minimum Gasteiger partial charge on any atom is -0.477 e.